The summed E-state index contributed by atoms with van der Waals surface area (Å²) in [7, 11) is 0. The van der Waals surface area contributed by atoms with Crippen LogP contribution in [-0.2, 0) is 4.79 Å². The smallest absolute Gasteiger partial charge is 0.323 e. The molecule has 0 heterocycles. The highest BCUT2D eigenvalue weighted by molar-refractivity contribution is 7.99. The Bertz CT molecular complexity index is 414. The first-order valence-corrected chi connectivity index (χ1v) is 6.83. The van der Waals surface area contributed by atoms with Gasteiger partial charge in [0.1, 0.15) is 11.4 Å². The number of aliphatic carboxylic acids is 1. The second-order valence-electron chi connectivity index (χ2n) is 4.22. The lowest BCUT2D eigenvalue weighted by molar-refractivity contribution is -0.144. The van der Waals surface area contributed by atoms with Gasteiger partial charge in [-0.2, -0.15) is 0 Å². The molecule has 0 spiro atoms. The van der Waals surface area contributed by atoms with Gasteiger partial charge in [-0.25, -0.2) is 4.39 Å². The van der Waals surface area contributed by atoms with Crippen LogP contribution in [0.2, 0.25) is 0 Å². The number of rotatable bonds is 7. The predicted molar refractivity (Wildman–Crippen MR) is 71.5 cm³/mol. The maximum absolute atomic E-state index is 13.0. The van der Waals surface area contributed by atoms with E-state index in [0.717, 1.165) is 4.90 Å². The molecule has 3 nitrogen and oxygen atoms in total. The number of hydrogen-bond acceptors (Lipinski definition) is 3. The Labute approximate surface area is 111 Å². The maximum Gasteiger partial charge on any atom is 0.323 e. The van der Waals surface area contributed by atoms with Crippen molar-refractivity contribution in [2.75, 3.05) is 12.3 Å². The maximum atomic E-state index is 13.0. The number of hydrogen-bond donors (Lipinski definition) is 2. The number of nitrogens with one attached hydrogen (secondary N) is 1. The Morgan fingerprint density at radius 3 is 2.83 bits per heavy atom. The summed E-state index contributed by atoms with van der Waals surface area (Å²) in [6.07, 6.45) is 0.483. The van der Waals surface area contributed by atoms with Crippen molar-refractivity contribution in [3.8, 4) is 0 Å². The number of thioether (sulfide) groups is 1. The van der Waals surface area contributed by atoms with Gasteiger partial charge >= 0.3 is 5.97 Å². The molecule has 1 aromatic carbocycles. The summed E-state index contributed by atoms with van der Waals surface area (Å²) in [5.41, 5.74) is -0.922. The minimum absolute atomic E-state index is 0.271. The van der Waals surface area contributed by atoms with E-state index in [1.165, 1.54) is 23.9 Å². The van der Waals surface area contributed by atoms with Gasteiger partial charge in [-0.05, 0) is 38.1 Å². The number of carbonyl (C=O) groups is 1. The molecule has 1 aromatic rings. The van der Waals surface area contributed by atoms with E-state index in [0.29, 0.717) is 18.7 Å². The standard InChI is InChI=1S/C13H18FNO2S/c1-3-15-13(2,12(16)17)7-8-18-11-6-4-5-10(14)9-11/h4-6,9,15H,3,7-8H2,1-2H3,(H,16,17). The zero-order valence-electron chi connectivity index (χ0n) is 10.6. The lowest BCUT2D eigenvalue weighted by atomic mass is 9.99. The first kappa shape index (κ1) is 15.0. The van der Waals surface area contributed by atoms with Crippen molar-refractivity contribution in [3.05, 3.63) is 30.1 Å². The van der Waals surface area contributed by atoms with Gasteiger partial charge in [0, 0.05) is 10.6 Å². The summed E-state index contributed by atoms with van der Waals surface area (Å²) in [5, 5.41) is 12.1. The van der Waals surface area contributed by atoms with Gasteiger partial charge in [0.05, 0.1) is 0 Å². The number of carboxylic acids is 1. The molecule has 0 saturated heterocycles. The van der Waals surface area contributed by atoms with Crippen LogP contribution in [0.5, 0.6) is 0 Å². The van der Waals surface area contributed by atoms with E-state index >= 15 is 0 Å². The van der Waals surface area contributed by atoms with Crippen LogP contribution < -0.4 is 5.32 Å². The Kier molecular flexibility index (Phi) is 5.62. The van der Waals surface area contributed by atoms with E-state index < -0.39 is 11.5 Å². The van der Waals surface area contributed by atoms with Crippen molar-refractivity contribution >= 4 is 17.7 Å². The molecule has 1 unspecified atom stereocenters. The molecule has 0 aliphatic carbocycles. The molecular weight excluding hydrogens is 253 g/mol. The summed E-state index contributed by atoms with van der Waals surface area (Å²) >= 11 is 1.46. The van der Waals surface area contributed by atoms with Crippen LogP contribution in [0.25, 0.3) is 0 Å². The molecule has 5 heteroatoms. The second-order valence-corrected chi connectivity index (χ2v) is 5.39. The molecule has 0 aromatic heterocycles. The first-order valence-electron chi connectivity index (χ1n) is 5.85. The fourth-order valence-electron chi connectivity index (χ4n) is 1.59. The Morgan fingerprint density at radius 2 is 2.28 bits per heavy atom. The van der Waals surface area contributed by atoms with Crippen molar-refractivity contribution in [2.45, 2.75) is 30.7 Å². The summed E-state index contributed by atoms with van der Waals surface area (Å²) in [6.45, 7) is 4.15. The number of halogens is 1. The quantitative estimate of drug-likeness (QED) is 0.749. The number of carboxylic acid groups (broad SMARTS) is 1. The largest absolute Gasteiger partial charge is 0.480 e. The first-order chi connectivity index (χ1) is 8.48. The highest BCUT2D eigenvalue weighted by Crippen LogP contribution is 2.22. The molecule has 0 amide bonds. The van der Waals surface area contributed by atoms with Gasteiger partial charge in [0.15, 0.2) is 0 Å². The van der Waals surface area contributed by atoms with E-state index in [1.54, 1.807) is 13.0 Å². The molecule has 0 aliphatic heterocycles. The highest BCUT2D eigenvalue weighted by atomic mass is 32.2. The Balaban J connectivity index is 2.51. The molecule has 2 N–H and O–H groups in total. The zero-order chi connectivity index (χ0) is 13.6. The fraction of sp³-hybridized carbons (Fsp3) is 0.462. The van der Waals surface area contributed by atoms with Crippen LogP contribution >= 0.6 is 11.8 Å². The van der Waals surface area contributed by atoms with E-state index in [4.69, 9.17) is 0 Å². The van der Waals surface area contributed by atoms with Crippen molar-refractivity contribution in [1.82, 2.24) is 5.32 Å². The number of benzene rings is 1. The van der Waals surface area contributed by atoms with E-state index in [9.17, 15) is 14.3 Å². The average Bonchev–Trinajstić information content (AvgIpc) is 2.29. The molecule has 0 radical (unpaired) electrons. The Hall–Kier alpha value is -1.07. The number of likely N-dealkylation sites (N-methyl/N-ethyl adjacent to an activating group) is 1. The van der Waals surface area contributed by atoms with Crippen LogP contribution in [-0.4, -0.2) is 28.9 Å². The van der Waals surface area contributed by atoms with Gasteiger partial charge in [-0.15, -0.1) is 11.8 Å². The van der Waals surface area contributed by atoms with Crippen molar-refractivity contribution in [3.63, 3.8) is 0 Å². The third-order valence-electron chi connectivity index (χ3n) is 2.71. The lowest BCUT2D eigenvalue weighted by Crippen LogP contribution is -2.49. The molecule has 0 fully saturated rings. The van der Waals surface area contributed by atoms with E-state index in [-0.39, 0.29) is 5.82 Å². The van der Waals surface area contributed by atoms with Gasteiger partial charge in [-0.3, -0.25) is 4.79 Å². The third kappa shape index (κ3) is 4.31. The molecular formula is C13H18FNO2S. The molecule has 100 valence electrons. The normalized spacial score (nSPS) is 14.2. The topological polar surface area (TPSA) is 49.3 Å². The zero-order valence-corrected chi connectivity index (χ0v) is 11.4. The highest BCUT2D eigenvalue weighted by Gasteiger charge is 2.31. The molecule has 0 bridgehead atoms. The van der Waals surface area contributed by atoms with Crippen LogP contribution in [0.3, 0.4) is 0 Å². The van der Waals surface area contributed by atoms with E-state index in [2.05, 4.69) is 5.32 Å². The van der Waals surface area contributed by atoms with Gasteiger partial charge < -0.3 is 10.4 Å². The minimum atomic E-state index is -0.922. The Morgan fingerprint density at radius 1 is 1.56 bits per heavy atom. The molecule has 0 saturated carbocycles. The summed E-state index contributed by atoms with van der Waals surface area (Å²) in [4.78, 5) is 12.0. The third-order valence-corrected chi connectivity index (χ3v) is 3.70. The van der Waals surface area contributed by atoms with Crippen molar-refractivity contribution in [1.29, 1.82) is 0 Å². The minimum Gasteiger partial charge on any atom is -0.480 e. The monoisotopic (exact) mass is 271 g/mol. The summed E-state index contributed by atoms with van der Waals surface area (Å²) in [5.74, 6) is -0.504. The van der Waals surface area contributed by atoms with Crippen LogP contribution in [0, 0.1) is 5.82 Å². The van der Waals surface area contributed by atoms with Gasteiger partial charge in [0.2, 0.25) is 0 Å². The SMILES string of the molecule is CCNC(C)(CCSc1cccc(F)c1)C(=O)O. The lowest BCUT2D eigenvalue weighted by Gasteiger charge is -2.25. The van der Waals surface area contributed by atoms with Gasteiger partial charge in [-0.1, -0.05) is 13.0 Å². The summed E-state index contributed by atoms with van der Waals surface area (Å²) < 4.78 is 13.0. The van der Waals surface area contributed by atoms with Crippen LogP contribution in [0.4, 0.5) is 4.39 Å². The molecule has 1 atom stereocenters. The van der Waals surface area contributed by atoms with Crippen molar-refractivity contribution in [2.24, 2.45) is 0 Å². The second kappa shape index (κ2) is 6.75. The van der Waals surface area contributed by atoms with Crippen molar-refractivity contribution < 1.29 is 14.3 Å². The van der Waals surface area contributed by atoms with E-state index in [1.807, 2.05) is 13.0 Å². The predicted octanol–water partition coefficient (Wildman–Crippen LogP) is 2.76. The average molecular weight is 271 g/mol. The molecule has 18 heavy (non-hydrogen) atoms. The van der Waals surface area contributed by atoms with Crippen LogP contribution in [0.15, 0.2) is 29.2 Å². The van der Waals surface area contributed by atoms with Crippen LogP contribution in [0.1, 0.15) is 20.3 Å². The van der Waals surface area contributed by atoms with Gasteiger partial charge in [0.25, 0.3) is 0 Å². The molecule has 0 aliphatic rings. The molecule has 1 rings (SSSR count). The summed E-state index contributed by atoms with van der Waals surface area (Å²) in [6, 6.07) is 6.32. The fourth-order valence-corrected chi connectivity index (χ4v) is 2.71.